The summed E-state index contributed by atoms with van der Waals surface area (Å²) < 4.78 is 5.40. The summed E-state index contributed by atoms with van der Waals surface area (Å²) in [5, 5.41) is 21.4. The molecule has 1 aromatic carbocycles. The molecular formula is C27H34N6O4. The van der Waals surface area contributed by atoms with Gasteiger partial charge in [-0.15, -0.1) is 0 Å². The Bertz CT molecular complexity index is 1150. The van der Waals surface area contributed by atoms with Crippen LogP contribution in [0.3, 0.4) is 0 Å². The first-order valence-corrected chi connectivity index (χ1v) is 12.8. The van der Waals surface area contributed by atoms with E-state index in [-0.39, 0.29) is 30.4 Å². The van der Waals surface area contributed by atoms with Crippen LogP contribution in [0.25, 0.3) is 0 Å². The van der Waals surface area contributed by atoms with Crippen LogP contribution < -0.4 is 5.32 Å². The van der Waals surface area contributed by atoms with Gasteiger partial charge in [-0.1, -0.05) is 12.1 Å². The Morgan fingerprint density at radius 2 is 2.03 bits per heavy atom. The fourth-order valence-electron chi connectivity index (χ4n) is 5.66. The van der Waals surface area contributed by atoms with Gasteiger partial charge >= 0.3 is 6.09 Å². The van der Waals surface area contributed by atoms with Gasteiger partial charge in [0, 0.05) is 25.7 Å². The lowest BCUT2D eigenvalue weighted by Crippen LogP contribution is -2.59. The molecule has 0 aliphatic carbocycles. The predicted octanol–water partition coefficient (Wildman–Crippen LogP) is 2.31. The Balaban J connectivity index is 1.48. The molecule has 4 rings (SSSR count). The number of likely N-dealkylation sites (tertiary alicyclic amines) is 3. The molecule has 0 aromatic heterocycles. The summed E-state index contributed by atoms with van der Waals surface area (Å²) in [4.78, 5) is 44.9. The second kappa shape index (κ2) is 10.4. The van der Waals surface area contributed by atoms with Crippen LogP contribution in [-0.2, 0) is 14.3 Å². The highest BCUT2D eigenvalue weighted by molar-refractivity contribution is 5.88. The van der Waals surface area contributed by atoms with E-state index in [2.05, 4.69) is 17.5 Å². The molecular weight excluding hydrogens is 472 g/mol. The number of fused-ring (bicyclic) bond motifs is 2. The van der Waals surface area contributed by atoms with Crippen molar-refractivity contribution >= 4 is 17.9 Å². The van der Waals surface area contributed by atoms with E-state index < -0.39 is 29.8 Å². The maximum Gasteiger partial charge on any atom is 0.408 e. The van der Waals surface area contributed by atoms with Crippen molar-refractivity contribution in [2.75, 3.05) is 19.6 Å². The summed E-state index contributed by atoms with van der Waals surface area (Å²) in [6.07, 6.45) is 1.27. The van der Waals surface area contributed by atoms with Gasteiger partial charge in [0.2, 0.25) is 11.8 Å². The van der Waals surface area contributed by atoms with Gasteiger partial charge in [0.25, 0.3) is 0 Å². The minimum absolute atomic E-state index is 0.0225. The van der Waals surface area contributed by atoms with Gasteiger partial charge < -0.3 is 19.9 Å². The lowest BCUT2D eigenvalue weighted by Gasteiger charge is -2.39. The number of alkyl carbamates (subject to hydrolysis) is 1. The molecule has 1 N–H and O–H groups in total. The number of piperazine rings is 1. The molecule has 0 radical (unpaired) electrons. The Morgan fingerprint density at radius 3 is 2.68 bits per heavy atom. The zero-order chi connectivity index (χ0) is 26.9. The number of rotatable bonds is 6. The number of carbonyl (C=O) groups is 3. The van der Waals surface area contributed by atoms with Crippen LogP contribution >= 0.6 is 0 Å². The number of nitriles is 2. The highest BCUT2D eigenvalue weighted by atomic mass is 16.6. The van der Waals surface area contributed by atoms with E-state index in [1.54, 1.807) is 26.8 Å². The monoisotopic (exact) mass is 506 g/mol. The summed E-state index contributed by atoms with van der Waals surface area (Å²) in [6.45, 7) is 8.39. The molecule has 0 spiro atoms. The Labute approximate surface area is 217 Å². The van der Waals surface area contributed by atoms with Gasteiger partial charge in [0.1, 0.15) is 17.7 Å². The molecule has 3 aliphatic rings. The maximum absolute atomic E-state index is 13.5. The van der Waals surface area contributed by atoms with Gasteiger partial charge in [-0.25, -0.2) is 4.79 Å². The zero-order valence-electron chi connectivity index (χ0n) is 21.8. The molecule has 3 aliphatic heterocycles. The normalized spacial score (nSPS) is 24.9. The molecule has 3 saturated heterocycles. The van der Waals surface area contributed by atoms with Crippen LogP contribution in [0.4, 0.5) is 4.79 Å². The van der Waals surface area contributed by atoms with Gasteiger partial charge in [0.05, 0.1) is 29.8 Å². The van der Waals surface area contributed by atoms with Crippen LogP contribution in [0.2, 0.25) is 0 Å². The molecule has 10 nitrogen and oxygen atoms in total. The topological polar surface area (TPSA) is 130 Å². The first-order chi connectivity index (χ1) is 17.5. The third kappa shape index (κ3) is 5.55. The van der Waals surface area contributed by atoms with E-state index in [4.69, 9.17) is 4.74 Å². The number of ether oxygens (including phenoxy) is 1. The van der Waals surface area contributed by atoms with Crippen molar-refractivity contribution < 1.29 is 19.1 Å². The van der Waals surface area contributed by atoms with Crippen LogP contribution in [0, 0.1) is 22.7 Å². The van der Waals surface area contributed by atoms with Crippen LogP contribution in [0.5, 0.6) is 0 Å². The lowest BCUT2D eigenvalue weighted by molar-refractivity contribution is -0.141. The largest absolute Gasteiger partial charge is 0.444 e. The van der Waals surface area contributed by atoms with E-state index in [0.717, 1.165) is 12.0 Å². The third-order valence-corrected chi connectivity index (χ3v) is 7.32. The quantitative estimate of drug-likeness (QED) is 0.627. The average Bonchev–Trinajstić information content (AvgIpc) is 3.56. The molecule has 3 fully saturated rings. The van der Waals surface area contributed by atoms with E-state index in [9.17, 15) is 24.9 Å². The Hall–Kier alpha value is -3.63. The summed E-state index contributed by atoms with van der Waals surface area (Å²) in [7, 11) is 0. The standard InChI is InChI=1S/C27H34N6O4/c1-17(19-8-5-7-18(11-19)13-28)33-21-12-23(25(33)35)31(15-21)16-22(30-26(36)37-27(2,3)4)24(34)32-10-6-9-20(32)14-29/h5,7-8,11,17,20-23H,6,9-10,12,15-16H2,1-4H3,(H,30,36)/t17?,20?,21-,22?,23?/m0/s1. The van der Waals surface area contributed by atoms with Gasteiger partial charge in [-0.2, -0.15) is 10.5 Å². The number of nitrogens with one attached hydrogen (secondary N) is 1. The third-order valence-electron chi connectivity index (χ3n) is 7.32. The molecule has 2 bridgehead atoms. The van der Waals surface area contributed by atoms with Crippen LogP contribution in [-0.4, -0.2) is 82.0 Å². The van der Waals surface area contributed by atoms with Crippen molar-refractivity contribution in [2.24, 2.45) is 0 Å². The predicted molar refractivity (Wildman–Crippen MR) is 134 cm³/mol. The van der Waals surface area contributed by atoms with Crippen molar-refractivity contribution in [3.63, 3.8) is 0 Å². The van der Waals surface area contributed by atoms with Crippen molar-refractivity contribution in [3.8, 4) is 12.1 Å². The Morgan fingerprint density at radius 1 is 1.27 bits per heavy atom. The van der Waals surface area contributed by atoms with Crippen molar-refractivity contribution in [1.29, 1.82) is 10.5 Å². The van der Waals surface area contributed by atoms with E-state index in [1.165, 1.54) is 4.90 Å². The summed E-state index contributed by atoms with van der Waals surface area (Å²) in [5.74, 6) is -0.352. The zero-order valence-corrected chi connectivity index (χ0v) is 21.8. The molecule has 0 saturated carbocycles. The SMILES string of the molecule is CC(c1cccc(C#N)c1)N1C(=O)C2C[C@H]1CN2CC(NC(=O)OC(C)(C)C)C(=O)N1CCCC1C#N. The molecule has 3 heterocycles. The van der Waals surface area contributed by atoms with E-state index in [0.29, 0.717) is 31.5 Å². The van der Waals surface area contributed by atoms with Crippen LogP contribution in [0.1, 0.15) is 64.1 Å². The molecule has 3 amide bonds. The number of nitrogens with zero attached hydrogens (tertiary/aromatic N) is 5. The molecule has 37 heavy (non-hydrogen) atoms. The first-order valence-electron chi connectivity index (χ1n) is 12.8. The number of benzene rings is 1. The molecule has 10 heteroatoms. The minimum atomic E-state index is -0.936. The Kier molecular flexibility index (Phi) is 7.42. The number of amides is 3. The molecule has 5 atom stereocenters. The second-order valence-electron chi connectivity index (χ2n) is 11.0. The molecule has 196 valence electrons. The highest BCUT2D eigenvalue weighted by Crippen LogP contribution is 2.38. The van der Waals surface area contributed by atoms with Crippen molar-refractivity contribution in [1.82, 2.24) is 20.0 Å². The maximum atomic E-state index is 13.5. The van der Waals surface area contributed by atoms with E-state index >= 15 is 0 Å². The highest BCUT2D eigenvalue weighted by Gasteiger charge is 2.52. The first kappa shape index (κ1) is 26.4. The minimum Gasteiger partial charge on any atom is -0.444 e. The summed E-state index contributed by atoms with van der Waals surface area (Å²) in [6, 6.07) is 9.54. The number of hydrogen-bond acceptors (Lipinski definition) is 7. The van der Waals surface area contributed by atoms with Gasteiger partial charge in [-0.3, -0.25) is 14.5 Å². The fourth-order valence-corrected chi connectivity index (χ4v) is 5.66. The lowest BCUT2D eigenvalue weighted by atomic mass is 10.0. The van der Waals surface area contributed by atoms with Crippen LogP contribution in [0.15, 0.2) is 24.3 Å². The summed E-state index contributed by atoms with van der Waals surface area (Å²) >= 11 is 0. The smallest absolute Gasteiger partial charge is 0.408 e. The number of carbonyl (C=O) groups excluding carboxylic acids is 3. The summed E-state index contributed by atoms with van der Waals surface area (Å²) in [5.41, 5.74) is 0.723. The van der Waals surface area contributed by atoms with E-state index in [1.807, 2.05) is 34.9 Å². The van der Waals surface area contributed by atoms with Crippen molar-refractivity contribution in [3.05, 3.63) is 35.4 Å². The van der Waals surface area contributed by atoms with Gasteiger partial charge in [0.15, 0.2) is 0 Å². The fraction of sp³-hybridized carbons (Fsp3) is 0.593. The van der Waals surface area contributed by atoms with Gasteiger partial charge in [-0.05, 0) is 64.7 Å². The number of hydrogen-bond donors (Lipinski definition) is 1. The molecule has 4 unspecified atom stereocenters. The van der Waals surface area contributed by atoms with Crippen molar-refractivity contribution in [2.45, 2.75) is 82.8 Å². The average molecular weight is 507 g/mol. The second-order valence-corrected chi connectivity index (χ2v) is 11.0. The molecule has 1 aromatic rings.